The van der Waals surface area contributed by atoms with Crippen LogP contribution in [-0.2, 0) is 21.3 Å². The second-order valence-corrected chi connectivity index (χ2v) is 10.8. The highest BCUT2D eigenvalue weighted by molar-refractivity contribution is 7.89. The molecule has 6 nitrogen and oxygen atoms in total. The molecule has 0 bridgehead atoms. The van der Waals surface area contributed by atoms with E-state index in [-0.39, 0.29) is 24.6 Å². The van der Waals surface area contributed by atoms with E-state index < -0.39 is 10.0 Å². The zero-order valence-electron chi connectivity index (χ0n) is 19.3. The number of nitrogens with zero attached hydrogens (tertiary/aromatic N) is 1. The first-order chi connectivity index (χ1) is 16.5. The van der Waals surface area contributed by atoms with Gasteiger partial charge in [0.25, 0.3) is 0 Å². The molecule has 1 atom stereocenters. The Labute approximate surface area is 201 Å². The Morgan fingerprint density at radius 2 is 1.82 bits per heavy atom. The first-order valence-electron chi connectivity index (χ1n) is 11.6. The first kappa shape index (κ1) is 22.9. The number of hydrogen-bond acceptors (Lipinski definition) is 5. The molecule has 0 aliphatic carbocycles. The van der Waals surface area contributed by atoms with E-state index in [4.69, 9.17) is 14.2 Å². The zero-order valence-corrected chi connectivity index (χ0v) is 20.1. The van der Waals surface area contributed by atoms with E-state index >= 15 is 0 Å². The van der Waals surface area contributed by atoms with Crippen LogP contribution in [0.2, 0.25) is 0 Å². The number of rotatable bonds is 6. The molecule has 0 unspecified atom stereocenters. The van der Waals surface area contributed by atoms with Crippen LogP contribution in [0.1, 0.15) is 17.5 Å². The lowest BCUT2D eigenvalue weighted by atomic mass is 9.98. The van der Waals surface area contributed by atoms with Crippen LogP contribution in [0.4, 0.5) is 0 Å². The van der Waals surface area contributed by atoms with Crippen LogP contribution in [-0.4, -0.2) is 45.7 Å². The van der Waals surface area contributed by atoms with E-state index in [0.717, 1.165) is 35.3 Å². The third kappa shape index (κ3) is 4.69. The van der Waals surface area contributed by atoms with E-state index in [1.54, 1.807) is 24.3 Å². The van der Waals surface area contributed by atoms with Gasteiger partial charge in [0.05, 0.1) is 18.1 Å². The van der Waals surface area contributed by atoms with Crippen molar-refractivity contribution in [2.24, 2.45) is 5.92 Å². The summed E-state index contributed by atoms with van der Waals surface area (Å²) in [6, 6.07) is 20.8. The fourth-order valence-electron chi connectivity index (χ4n) is 4.49. The number of benzene rings is 3. The van der Waals surface area contributed by atoms with Gasteiger partial charge in [0.15, 0.2) is 11.5 Å². The Morgan fingerprint density at radius 3 is 2.59 bits per heavy atom. The summed E-state index contributed by atoms with van der Waals surface area (Å²) in [4.78, 5) is 0.284. The molecule has 1 saturated heterocycles. The molecule has 0 radical (unpaired) electrons. The van der Waals surface area contributed by atoms with Gasteiger partial charge >= 0.3 is 0 Å². The van der Waals surface area contributed by atoms with Crippen molar-refractivity contribution in [1.29, 1.82) is 0 Å². The van der Waals surface area contributed by atoms with Crippen molar-refractivity contribution in [3.05, 3.63) is 77.9 Å². The molecule has 3 aromatic carbocycles. The van der Waals surface area contributed by atoms with Crippen LogP contribution in [0.25, 0.3) is 11.1 Å². The van der Waals surface area contributed by atoms with Gasteiger partial charge < -0.3 is 14.2 Å². The minimum absolute atomic E-state index is 0.217. The Morgan fingerprint density at radius 1 is 1.03 bits per heavy atom. The predicted molar refractivity (Wildman–Crippen MR) is 131 cm³/mol. The van der Waals surface area contributed by atoms with Crippen LogP contribution in [0.3, 0.4) is 0 Å². The highest BCUT2D eigenvalue weighted by Crippen LogP contribution is 2.40. The topological polar surface area (TPSA) is 65.1 Å². The van der Waals surface area contributed by atoms with Gasteiger partial charge in [-0.25, -0.2) is 8.42 Å². The molecule has 0 spiro atoms. The molecule has 34 heavy (non-hydrogen) atoms. The quantitative estimate of drug-likeness (QED) is 0.515. The van der Waals surface area contributed by atoms with Crippen molar-refractivity contribution in [1.82, 2.24) is 4.31 Å². The van der Waals surface area contributed by atoms with Crippen molar-refractivity contribution < 1.29 is 22.6 Å². The summed E-state index contributed by atoms with van der Waals surface area (Å²) in [5, 5.41) is 0. The molecule has 7 heteroatoms. The number of fused-ring (bicyclic) bond motifs is 1. The Bertz CT molecular complexity index is 1250. The maximum absolute atomic E-state index is 13.4. The van der Waals surface area contributed by atoms with Gasteiger partial charge in [0, 0.05) is 31.2 Å². The van der Waals surface area contributed by atoms with Gasteiger partial charge in [-0.05, 0) is 54.3 Å². The summed E-state index contributed by atoms with van der Waals surface area (Å²) in [5.74, 6) is 1.63. The smallest absolute Gasteiger partial charge is 0.243 e. The zero-order chi connectivity index (χ0) is 23.5. The SMILES string of the molecule is Cc1ccccc1-c1cc2c(c(OC[C@H]3CCOC3)c1)OCCN(S(=O)(=O)c1ccccc1)C2. The lowest BCUT2D eigenvalue weighted by molar-refractivity contribution is 0.165. The van der Waals surface area contributed by atoms with Crippen LogP contribution < -0.4 is 9.47 Å². The molecule has 1 fully saturated rings. The average molecular weight is 480 g/mol. The summed E-state index contributed by atoms with van der Waals surface area (Å²) in [6.45, 7) is 4.81. The van der Waals surface area contributed by atoms with Gasteiger partial charge in [0.1, 0.15) is 6.61 Å². The molecule has 2 aliphatic heterocycles. The van der Waals surface area contributed by atoms with Crippen LogP contribution in [0.5, 0.6) is 11.5 Å². The second-order valence-electron chi connectivity index (χ2n) is 8.82. The van der Waals surface area contributed by atoms with E-state index in [1.165, 1.54) is 4.31 Å². The number of ether oxygens (including phenoxy) is 3. The number of aryl methyl sites for hydroxylation is 1. The molecule has 178 valence electrons. The molecule has 3 aromatic rings. The largest absolute Gasteiger partial charge is 0.489 e. The van der Waals surface area contributed by atoms with Crippen LogP contribution >= 0.6 is 0 Å². The normalized spacial score (nSPS) is 18.7. The maximum atomic E-state index is 13.4. The highest BCUT2D eigenvalue weighted by atomic mass is 32.2. The lowest BCUT2D eigenvalue weighted by Crippen LogP contribution is -2.32. The van der Waals surface area contributed by atoms with Crippen molar-refractivity contribution in [3.63, 3.8) is 0 Å². The molecule has 5 rings (SSSR count). The summed E-state index contributed by atoms with van der Waals surface area (Å²) >= 11 is 0. The van der Waals surface area contributed by atoms with E-state index in [9.17, 15) is 8.42 Å². The fraction of sp³-hybridized carbons (Fsp3) is 0.333. The van der Waals surface area contributed by atoms with Gasteiger partial charge in [0.2, 0.25) is 10.0 Å². The molecule has 0 saturated carbocycles. The van der Waals surface area contributed by atoms with Gasteiger partial charge in [-0.1, -0.05) is 42.5 Å². The van der Waals surface area contributed by atoms with E-state index in [0.29, 0.717) is 30.6 Å². The Kier molecular flexibility index (Phi) is 6.59. The average Bonchev–Trinajstić information content (AvgIpc) is 3.27. The third-order valence-corrected chi connectivity index (χ3v) is 8.26. The molecule has 0 aromatic heterocycles. The fourth-order valence-corrected chi connectivity index (χ4v) is 5.91. The van der Waals surface area contributed by atoms with E-state index in [2.05, 4.69) is 19.1 Å². The Balaban J connectivity index is 1.54. The molecular weight excluding hydrogens is 450 g/mol. The van der Waals surface area contributed by atoms with Crippen LogP contribution in [0, 0.1) is 12.8 Å². The highest BCUT2D eigenvalue weighted by Gasteiger charge is 2.30. The summed E-state index contributed by atoms with van der Waals surface area (Å²) in [6.07, 6.45) is 0.976. The number of hydrogen-bond donors (Lipinski definition) is 0. The molecule has 2 aliphatic rings. The lowest BCUT2D eigenvalue weighted by Gasteiger charge is -2.20. The number of sulfonamides is 1. The Hall–Kier alpha value is -2.87. The predicted octanol–water partition coefficient (Wildman–Crippen LogP) is 4.66. The molecular formula is C27H29NO5S. The minimum Gasteiger partial charge on any atom is -0.489 e. The third-order valence-electron chi connectivity index (χ3n) is 6.40. The molecule has 0 N–H and O–H groups in total. The van der Waals surface area contributed by atoms with Crippen molar-refractivity contribution in [2.75, 3.05) is 33.0 Å². The maximum Gasteiger partial charge on any atom is 0.243 e. The second kappa shape index (κ2) is 9.78. The summed E-state index contributed by atoms with van der Waals surface area (Å²) in [5.41, 5.74) is 4.01. The molecule has 0 amide bonds. The minimum atomic E-state index is -3.66. The summed E-state index contributed by atoms with van der Waals surface area (Å²) < 4.78 is 46.1. The van der Waals surface area contributed by atoms with Gasteiger partial charge in [-0.3, -0.25) is 0 Å². The van der Waals surface area contributed by atoms with E-state index in [1.807, 2.05) is 30.3 Å². The van der Waals surface area contributed by atoms with Crippen molar-refractivity contribution in [2.45, 2.75) is 24.8 Å². The summed E-state index contributed by atoms with van der Waals surface area (Å²) in [7, 11) is -3.66. The van der Waals surface area contributed by atoms with Crippen LogP contribution in [0.15, 0.2) is 71.6 Å². The van der Waals surface area contributed by atoms with Crippen molar-refractivity contribution in [3.8, 4) is 22.6 Å². The molecule has 2 heterocycles. The van der Waals surface area contributed by atoms with Gasteiger partial charge in [-0.15, -0.1) is 0 Å². The van der Waals surface area contributed by atoms with Gasteiger partial charge in [-0.2, -0.15) is 4.31 Å². The standard InChI is InChI=1S/C27H29NO5S/c1-20-7-5-6-10-25(20)22-15-23-17-28(34(29,30)24-8-3-2-4-9-24)12-14-32-27(23)26(16-22)33-19-21-11-13-31-18-21/h2-10,15-16,21H,11-14,17-19H2,1H3/t21-/m0/s1. The monoisotopic (exact) mass is 479 g/mol. The van der Waals surface area contributed by atoms with Crippen molar-refractivity contribution >= 4 is 10.0 Å². The first-order valence-corrected chi connectivity index (χ1v) is 13.1.